The fourth-order valence-corrected chi connectivity index (χ4v) is 9.14. The molecule has 2 N–H and O–H groups in total. The van der Waals surface area contributed by atoms with E-state index < -0.39 is 44.0 Å². The summed E-state index contributed by atoms with van der Waals surface area (Å²) in [5.41, 5.74) is -0.725. The van der Waals surface area contributed by atoms with Gasteiger partial charge in [0.2, 0.25) is 0 Å². The van der Waals surface area contributed by atoms with Gasteiger partial charge in [-0.1, -0.05) is 81.4 Å². The Morgan fingerprint density at radius 2 is 1.25 bits per heavy atom. The molecule has 2 rings (SSSR count). The maximum Gasteiger partial charge on any atom is 0.408 e. The first kappa shape index (κ1) is 33.0. The Labute approximate surface area is 239 Å². The maximum atomic E-state index is 12.8. The van der Waals surface area contributed by atoms with Gasteiger partial charge < -0.3 is 29.3 Å². The lowest BCUT2D eigenvalue weighted by molar-refractivity contribution is -0.144. The minimum atomic E-state index is -2.90. The van der Waals surface area contributed by atoms with Gasteiger partial charge in [0.15, 0.2) is 0 Å². The number of rotatable bonds is 12. The average Bonchev–Trinajstić information content (AvgIpc) is 2.90. The summed E-state index contributed by atoms with van der Waals surface area (Å²) in [5.74, 6) is -1.11. The third-order valence-electron chi connectivity index (χ3n) is 6.37. The van der Waals surface area contributed by atoms with Crippen LogP contribution < -0.4 is 21.0 Å². The molecular weight excluding hydrogens is 528 g/mol. The molecule has 1 amide bonds. The minimum Gasteiger partial charge on any atom is -0.468 e. The second-order valence-corrected chi connectivity index (χ2v) is 15.8. The third kappa shape index (κ3) is 8.90. The molecule has 2 atom stereocenters. The van der Waals surface area contributed by atoms with Crippen LogP contribution in [-0.2, 0) is 28.2 Å². The van der Waals surface area contributed by atoms with Gasteiger partial charge in [0.05, 0.1) is 20.8 Å². The smallest absolute Gasteiger partial charge is 0.408 e. The van der Waals surface area contributed by atoms with Crippen LogP contribution in [0, 0.1) is 0 Å². The zero-order valence-corrected chi connectivity index (χ0v) is 25.9. The molecule has 0 unspecified atom stereocenters. The van der Waals surface area contributed by atoms with Gasteiger partial charge in [0.25, 0.3) is 8.32 Å². The largest absolute Gasteiger partial charge is 0.468 e. The summed E-state index contributed by atoms with van der Waals surface area (Å²) in [4.78, 5) is 37.4. The molecular formula is C30H44N2O7Si. The van der Waals surface area contributed by atoms with E-state index in [1.54, 1.807) is 20.8 Å². The number of carbonyl (C=O) groups excluding carboxylic acids is 3. The summed E-state index contributed by atoms with van der Waals surface area (Å²) in [6, 6.07) is 18.5. The zero-order chi connectivity index (χ0) is 30.0. The number of methoxy groups -OCH3 is 2. The predicted octanol–water partition coefficient (Wildman–Crippen LogP) is 3.15. The van der Waals surface area contributed by atoms with Crippen molar-refractivity contribution in [2.24, 2.45) is 0 Å². The van der Waals surface area contributed by atoms with Crippen molar-refractivity contribution < 1.29 is 33.0 Å². The third-order valence-corrected chi connectivity index (χ3v) is 11.4. The minimum absolute atomic E-state index is 0.0440. The molecule has 0 aromatic heterocycles. The van der Waals surface area contributed by atoms with Crippen LogP contribution in [0.15, 0.2) is 60.7 Å². The number of esters is 2. The molecule has 0 fully saturated rings. The standard InChI is InChI=1S/C30H44N2O7Si/c1-29(2,3)39-28(35)32-24(26(33)36-7)19-20-31-25(27(34)37-8)21-38-40(30(4,5)6,22-15-11-9-12-16-22)23-17-13-10-14-18-23/h9-18,24-25,31H,19-21H2,1-8H3,(H,32,35)/t24-,25+/m0/s1. The van der Waals surface area contributed by atoms with E-state index in [9.17, 15) is 14.4 Å². The number of carbonyl (C=O) groups is 3. The predicted molar refractivity (Wildman–Crippen MR) is 157 cm³/mol. The molecule has 0 saturated carbocycles. The Kier molecular flexibility index (Phi) is 11.9. The van der Waals surface area contributed by atoms with Crippen molar-refractivity contribution in [2.75, 3.05) is 27.4 Å². The molecule has 0 bridgehead atoms. The number of amides is 1. The molecule has 10 heteroatoms. The van der Waals surface area contributed by atoms with Crippen molar-refractivity contribution in [1.82, 2.24) is 10.6 Å². The normalized spacial score (nSPS) is 13.6. The quantitative estimate of drug-likeness (QED) is 0.227. The number of nitrogens with one attached hydrogen (secondary N) is 2. The van der Waals surface area contributed by atoms with Gasteiger partial charge in [-0.3, -0.25) is 4.79 Å². The summed E-state index contributed by atoms with van der Waals surface area (Å²) in [6.45, 7) is 11.9. The number of ether oxygens (including phenoxy) is 3. The van der Waals surface area contributed by atoms with Crippen LogP contribution >= 0.6 is 0 Å². The van der Waals surface area contributed by atoms with Gasteiger partial charge in [0.1, 0.15) is 17.7 Å². The Balaban J connectivity index is 2.27. The summed E-state index contributed by atoms with van der Waals surface area (Å²) >= 11 is 0. The van der Waals surface area contributed by atoms with E-state index in [0.29, 0.717) is 0 Å². The lowest BCUT2D eigenvalue weighted by Crippen LogP contribution is -2.67. The molecule has 0 saturated heterocycles. The zero-order valence-electron chi connectivity index (χ0n) is 24.9. The molecule has 2 aromatic carbocycles. The van der Waals surface area contributed by atoms with Gasteiger partial charge >= 0.3 is 18.0 Å². The second-order valence-electron chi connectivity index (χ2n) is 11.5. The van der Waals surface area contributed by atoms with Gasteiger partial charge in [-0.2, -0.15) is 0 Å². The van der Waals surface area contributed by atoms with Crippen LogP contribution in [0.3, 0.4) is 0 Å². The Morgan fingerprint density at radius 3 is 1.68 bits per heavy atom. The number of hydrogen-bond donors (Lipinski definition) is 2. The van der Waals surface area contributed by atoms with Crippen molar-refractivity contribution in [3.63, 3.8) is 0 Å². The SMILES string of the molecule is COC(=O)[C@H](CCN[C@H](CO[Si](c1ccccc1)(c1ccccc1)C(C)(C)C)C(=O)OC)NC(=O)OC(C)(C)C. The highest BCUT2D eigenvalue weighted by molar-refractivity contribution is 6.99. The summed E-state index contributed by atoms with van der Waals surface area (Å²) in [5, 5.41) is 7.60. The Bertz CT molecular complexity index is 1060. The fraction of sp³-hybridized carbons (Fsp3) is 0.500. The van der Waals surface area contributed by atoms with E-state index in [2.05, 4.69) is 55.7 Å². The molecule has 0 radical (unpaired) electrons. The first-order chi connectivity index (χ1) is 18.7. The Hall–Kier alpha value is -3.21. The van der Waals surface area contributed by atoms with Crippen molar-refractivity contribution in [2.45, 2.75) is 70.7 Å². The fourth-order valence-electron chi connectivity index (χ4n) is 4.57. The van der Waals surface area contributed by atoms with Crippen LogP contribution in [0.5, 0.6) is 0 Å². The van der Waals surface area contributed by atoms with E-state index in [4.69, 9.17) is 18.6 Å². The van der Waals surface area contributed by atoms with Crippen LogP contribution in [0.25, 0.3) is 0 Å². The van der Waals surface area contributed by atoms with Crippen molar-refractivity contribution in [1.29, 1.82) is 0 Å². The molecule has 0 aliphatic rings. The molecule has 220 valence electrons. The topological polar surface area (TPSA) is 112 Å². The first-order valence-corrected chi connectivity index (χ1v) is 15.3. The average molecular weight is 573 g/mol. The summed E-state index contributed by atoms with van der Waals surface area (Å²) < 4.78 is 22.1. The van der Waals surface area contributed by atoms with E-state index >= 15 is 0 Å². The maximum absolute atomic E-state index is 12.8. The first-order valence-electron chi connectivity index (χ1n) is 13.4. The second kappa shape index (κ2) is 14.4. The van der Waals surface area contributed by atoms with Gasteiger partial charge in [-0.25, -0.2) is 9.59 Å². The van der Waals surface area contributed by atoms with E-state index in [-0.39, 0.29) is 24.6 Å². The van der Waals surface area contributed by atoms with Gasteiger partial charge in [0, 0.05) is 0 Å². The van der Waals surface area contributed by atoms with E-state index in [1.165, 1.54) is 14.2 Å². The van der Waals surface area contributed by atoms with E-state index in [1.807, 2.05) is 36.4 Å². The molecule has 0 heterocycles. The van der Waals surface area contributed by atoms with Gasteiger partial charge in [-0.05, 0) is 49.1 Å². The molecule has 0 aliphatic heterocycles. The van der Waals surface area contributed by atoms with Crippen molar-refractivity contribution in [3.8, 4) is 0 Å². The molecule has 2 aromatic rings. The summed E-state index contributed by atoms with van der Waals surface area (Å²) in [7, 11) is -0.330. The molecule has 40 heavy (non-hydrogen) atoms. The van der Waals surface area contributed by atoms with Crippen LogP contribution in [0.1, 0.15) is 48.0 Å². The number of benzene rings is 2. The van der Waals surface area contributed by atoms with Crippen LogP contribution in [0.4, 0.5) is 4.79 Å². The number of hydrogen-bond acceptors (Lipinski definition) is 8. The highest BCUT2D eigenvalue weighted by Crippen LogP contribution is 2.36. The van der Waals surface area contributed by atoms with Crippen LogP contribution in [0.2, 0.25) is 5.04 Å². The van der Waals surface area contributed by atoms with Crippen molar-refractivity contribution >= 4 is 36.7 Å². The van der Waals surface area contributed by atoms with Crippen LogP contribution in [-0.4, -0.2) is 71.4 Å². The highest BCUT2D eigenvalue weighted by Gasteiger charge is 2.50. The monoisotopic (exact) mass is 572 g/mol. The lowest BCUT2D eigenvalue weighted by atomic mass is 10.2. The lowest BCUT2D eigenvalue weighted by Gasteiger charge is -2.43. The van der Waals surface area contributed by atoms with Crippen molar-refractivity contribution in [3.05, 3.63) is 60.7 Å². The Morgan fingerprint density at radius 1 is 0.775 bits per heavy atom. The molecule has 0 spiro atoms. The van der Waals surface area contributed by atoms with Gasteiger partial charge in [-0.15, -0.1) is 0 Å². The highest BCUT2D eigenvalue weighted by atomic mass is 28.4. The summed E-state index contributed by atoms with van der Waals surface area (Å²) in [6.07, 6.45) is -0.582. The van der Waals surface area contributed by atoms with E-state index in [0.717, 1.165) is 10.4 Å². The molecule has 0 aliphatic carbocycles. The number of alkyl carbamates (subject to hydrolysis) is 1. The molecule has 9 nitrogen and oxygen atoms in total.